The van der Waals surface area contributed by atoms with Crippen LogP contribution in [0.15, 0.2) is 6.07 Å². The number of hydrogen-bond acceptors (Lipinski definition) is 4. The Morgan fingerprint density at radius 1 is 1.19 bits per heavy atom. The van der Waals surface area contributed by atoms with E-state index in [4.69, 9.17) is 5.11 Å². The summed E-state index contributed by atoms with van der Waals surface area (Å²) in [6, 6.07) is 0.885. The van der Waals surface area contributed by atoms with Crippen molar-refractivity contribution in [1.82, 2.24) is 20.4 Å². The first-order valence-corrected chi connectivity index (χ1v) is 9.47. The van der Waals surface area contributed by atoms with E-state index >= 15 is 0 Å². The van der Waals surface area contributed by atoms with Gasteiger partial charge in [-0.25, -0.2) is 4.79 Å². The van der Waals surface area contributed by atoms with Crippen molar-refractivity contribution in [2.45, 2.75) is 57.5 Å². The average Bonchev–Trinajstić information content (AvgIpc) is 2.95. The van der Waals surface area contributed by atoms with Crippen molar-refractivity contribution in [3.8, 4) is 0 Å². The highest BCUT2D eigenvalue weighted by atomic mass is 16.4. The Morgan fingerprint density at radius 2 is 1.89 bits per heavy atom. The van der Waals surface area contributed by atoms with Crippen molar-refractivity contribution in [1.29, 1.82) is 0 Å². The van der Waals surface area contributed by atoms with Crippen LogP contribution in [-0.4, -0.2) is 51.4 Å². The van der Waals surface area contributed by atoms with Gasteiger partial charge in [0, 0.05) is 25.7 Å². The number of hydrogen-bond donors (Lipinski definition) is 3. The Labute approximate surface area is 158 Å². The molecule has 1 aliphatic heterocycles. The van der Waals surface area contributed by atoms with E-state index in [1.807, 2.05) is 13.0 Å². The fourth-order valence-electron chi connectivity index (χ4n) is 3.96. The molecule has 0 aromatic carbocycles. The molecular weight excluding hydrogens is 350 g/mol. The van der Waals surface area contributed by atoms with Crippen LogP contribution >= 0.6 is 0 Å². The molecule has 2 heterocycles. The van der Waals surface area contributed by atoms with E-state index in [0.29, 0.717) is 38.6 Å². The van der Waals surface area contributed by atoms with Gasteiger partial charge in [0.1, 0.15) is 11.9 Å². The predicted molar refractivity (Wildman–Crippen MR) is 98.4 cm³/mol. The summed E-state index contributed by atoms with van der Waals surface area (Å²) in [4.78, 5) is 37.8. The Hall–Kier alpha value is -2.58. The van der Waals surface area contributed by atoms with Gasteiger partial charge in [-0.05, 0) is 45.4 Å². The van der Waals surface area contributed by atoms with E-state index in [9.17, 15) is 14.4 Å². The van der Waals surface area contributed by atoms with Crippen LogP contribution in [-0.2, 0) is 16.6 Å². The highest BCUT2D eigenvalue weighted by Gasteiger charge is 2.33. The summed E-state index contributed by atoms with van der Waals surface area (Å²) in [6.45, 7) is 2.48. The number of nitrogens with one attached hydrogen (secondary N) is 2. The maximum Gasteiger partial charge on any atom is 0.315 e. The van der Waals surface area contributed by atoms with Crippen LogP contribution in [0.1, 0.15) is 44.2 Å². The molecule has 9 nitrogen and oxygen atoms in total. The van der Waals surface area contributed by atoms with Crippen molar-refractivity contribution >= 4 is 23.7 Å². The molecule has 9 heteroatoms. The molecule has 1 aliphatic carbocycles. The minimum atomic E-state index is -0.767. The lowest BCUT2D eigenvalue weighted by atomic mass is 9.86. The van der Waals surface area contributed by atoms with Gasteiger partial charge < -0.3 is 15.7 Å². The normalized spacial score (nSPS) is 25.9. The molecule has 1 aromatic heterocycles. The summed E-state index contributed by atoms with van der Waals surface area (Å²) < 4.78 is 1.68. The van der Waals surface area contributed by atoms with E-state index in [2.05, 4.69) is 15.7 Å². The largest absolute Gasteiger partial charge is 0.481 e. The molecular formula is C18H27N5O4. The number of aromatic nitrogens is 2. The average molecular weight is 377 g/mol. The Bertz CT molecular complexity index is 723. The molecule has 1 saturated heterocycles. The first-order valence-electron chi connectivity index (χ1n) is 9.47. The van der Waals surface area contributed by atoms with Crippen molar-refractivity contribution in [3.63, 3.8) is 0 Å². The van der Waals surface area contributed by atoms with E-state index in [1.54, 1.807) is 16.6 Å². The molecule has 0 radical (unpaired) electrons. The number of carbonyl (C=O) groups excluding carboxylic acids is 2. The molecule has 1 aromatic rings. The highest BCUT2D eigenvalue weighted by Crippen LogP contribution is 2.25. The van der Waals surface area contributed by atoms with E-state index in [-0.39, 0.29) is 23.9 Å². The molecule has 3 amide bonds. The standard InChI is InChI=1S/C18H27N5O4/c1-11-10-15(22(2)21-11)23-9-3-4-14(16(23)24)20-18(27)19-13-7-5-12(6-8-13)17(25)26/h10,12-14H,3-9H2,1-2H3,(H,25,26)(H2,19,20,27). The van der Waals surface area contributed by atoms with Gasteiger partial charge in [-0.15, -0.1) is 0 Å². The number of amides is 3. The van der Waals surface area contributed by atoms with Crippen molar-refractivity contribution in [3.05, 3.63) is 11.8 Å². The van der Waals surface area contributed by atoms with Crippen LogP contribution in [0, 0.1) is 12.8 Å². The first kappa shape index (κ1) is 19.2. The first-order chi connectivity index (χ1) is 12.8. The fraction of sp³-hybridized carbons (Fsp3) is 0.667. The zero-order chi connectivity index (χ0) is 19.6. The molecule has 2 fully saturated rings. The van der Waals surface area contributed by atoms with Crippen molar-refractivity contribution in [2.75, 3.05) is 11.4 Å². The molecule has 0 bridgehead atoms. The predicted octanol–water partition coefficient (Wildman–Crippen LogP) is 1.17. The summed E-state index contributed by atoms with van der Waals surface area (Å²) in [7, 11) is 1.80. The number of urea groups is 1. The van der Waals surface area contributed by atoms with Crippen molar-refractivity contribution in [2.24, 2.45) is 13.0 Å². The van der Waals surface area contributed by atoms with Gasteiger partial charge in [0.15, 0.2) is 0 Å². The third-order valence-electron chi connectivity index (χ3n) is 5.41. The smallest absolute Gasteiger partial charge is 0.315 e. The third kappa shape index (κ3) is 4.40. The number of aliphatic carboxylic acids is 1. The van der Waals surface area contributed by atoms with Crippen LogP contribution in [0.3, 0.4) is 0 Å². The number of carboxylic acids is 1. The quantitative estimate of drug-likeness (QED) is 0.728. The minimum Gasteiger partial charge on any atom is -0.481 e. The van der Waals surface area contributed by atoms with Gasteiger partial charge >= 0.3 is 12.0 Å². The van der Waals surface area contributed by atoms with Crippen LogP contribution in [0.2, 0.25) is 0 Å². The highest BCUT2D eigenvalue weighted by molar-refractivity contribution is 5.99. The van der Waals surface area contributed by atoms with Crippen LogP contribution in [0.4, 0.5) is 10.6 Å². The van der Waals surface area contributed by atoms with Gasteiger partial charge in [-0.3, -0.25) is 19.2 Å². The molecule has 1 unspecified atom stereocenters. The summed E-state index contributed by atoms with van der Waals surface area (Å²) in [5.74, 6) is -0.483. The molecule has 1 saturated carbocycles. The number of piperidine rings is 1. The number of anilines is 1. The van der Waals surface area contributed by atoms with E-state index in [1.165, 1.54) is 0 Å². The summed E-state index contributed by atoms with van der Waals surface area (Å²) in [5.41, 5.74) is 0.838. The molecule has 1 atom stereocenters. The number of nitrogens with zero attached hydrogens (tertiary/aromatic N) is 3. The Kier molecular flexibility index (Phi) is 5.67. The van der Waals surface area contributed by atoms with Gasteiger partial charge in [0.05, 0.1) is 11.6 Å². The maximum atomic E-state index is 12.8. The second kappa shape index (κ2) is 7.98. The Morgan fingerprint density at radius 3 is 2.48 bits per heavy atom. The van der Waals surface area contributed by atoms with Crippen molar-refractivity contribution < 1.29 is 19.5 Å². The molecule has 27 heavy (non-hydrogen) atoms. The number of carbonyl (C=O) groups is 3. The van der Waals surface area contributed by atoms with Gasteiger partial charge in [0.25, 0.3) is 5.91 Å². The summed E-state index contributed by atoms with van der Waals surface area (Å²) in [6.07, 6.45) is 3.81. The summed E-state index contributed by atoms with van der Waals surface area (Å²) >= 11 is 0. The molecule has 3 N–H and O–H groups in total. The number of rotatable bonds is 4. The zero-order valence-electron chi connectivity index (χ0n) is 15.8. The molecule has 0 spiro atoms. The summed E-state index contributed by atoms with van der Waals surface area (Å²) in [5, 5.41) is 19.0. The third-order valence-corrected chi connectivity index (χ3v) is 5.41. The second-order valence-electron chi connectivity index (χ2n) is 7.46. The SMILES string of the molecule is Cc1cc(N2CCCC(NC(=O)NC3CCC(C(=O)O)CC3)C2=O)n(C)n1. The van der Waals surface area contributed by atoms with Gasteiger partial charge in [0.2, 0.25) is 0 Å². The molecule has 3 rings (SSSR count). The lowest BCUT2D eigenvalue weighted by Crippen LogP contribution is -2.56. The second-order valence-corrected chi connectivity index (χ2v) is 7.46. The number of aryl methyl sites for hydroxylation is 2. The minimum absolute atomic E-state index is 0.0462. The molecule has 2 aliphatic rings. The Balaban J connectivity index is 1.54. The zero-order valence-corrected chi connectivity index (χ0v) is 15.8. The lowest BCUT2D eigenvalue weighted by Gasteiger charge is -2.33. The topological polar surface area (TPSA) is 117 Å². The van der Waals surface area contributed by atoms with Crippen LogP contribution < -0.4 is 15.5 Å². The van der Waals surface area contributed by atoms with E-state index < -0.39 is 12.0 Å². The van der Waals surface area contributed by atoms with Gasteiger partial charge in [-0.2, -0.15) is 5.10 Å². The number of carboxylic acid groups (broad SMARTS) is 1. The monoisotopic (exact) mass is 377 g/mol. The maximum absolute atomic E-state index is 12.8. The van der Waals surface area contributed by atoms with E-state index in [0.717, 1.165) is 17.9 Å². The van der Waals surface area contributed by atoms with Crippen LogP contribution in [0.5, 0.6) is 0 Å². The van der Waals surface area contributed by atoms with Crippen LogP contribution in [0.25, 0.3) is 0 Å². The fourth-order valence-corrected chi connectivity index (χ4v) is 3.96. The van der Waals surface area contributed by atoms with Gasteiger partial charge in [-0.1, -0.05) is 0 Å². The lowest BCUT2D eigenvalue weighted by molar-refractivity contribution is -0.142. The molecule has 148 valence electrons.